The topological polar surface area (TPSA) is 99.1 Å². The Bertz CT molecular complexity index is 638. The Morgan fingerprint density at radius 1 is 1.12 bits per heavy atom. The van der Waals surface area contributed by atoms with E-state index in [0.717, 1.165) is 0 Å². The van der Waals surface area contributed by atoms with Crippen LogP contribution in [-0.2, 0) is 14.3 Å². The summed E-state index contributed by atoms with van der Waals surface area (Å²) in [6.45, 7) is 7.71. The van der Waals surface area contributed by atoms with E-state index in [1.54, 1.807) is 6.92 Å². The van der Waals surface area contributed by atoms with Crippen LogP contribution in [0.2, 0.25) is 0 Å². The number of hydrogen-bond acceptors (Lipinski definition) is 7. The van der Waals surface area contributed by atoms with Crippen LogP contribution >= 0.6 is 0 Å². The van der Waals surface area contributed by atoms with Gasteiger partial charge in [0.05, 0.1) is 6.61 Å². The standard InChI is InChI=1S/C18H22O7/c1-12(2)15(19)11-23-9-10-24-17(21)25-14-7-5-13(6-8-14)16(20)18(3,4)22/h5-8,22H,1,9-11H2,2-4H3. The molecule has 0 spiro atoms. The number of ether oxygens (including phenoxy) is 3. The molecule has 0 aliphatic carbocycles. The van der Waals surface area contributed by atoms with Gasteiger partial charge in [-0.2, -0.15) is 0 Å². The van der Waals surface area contributed by atoms with Gasteiger partial charge in [-0.1, -0.05) is 6.58 Å². The van der Waals surface area contributed by atoms with Crippen molar-refractivity contribution in [1.29, 1.82) is 0 Å². The molecule has 0 unspecified atom stereocenters. The van der Waals surface area contributed by atoms with Crippen LogP contribution in [0.4, 0.5) is 4.79 Å². The minimum Gasteiger partial charge on any atom is -0.432 e. The van der Waals surface area contributed by atoms with Crippen molar-refractivity contribution in [2.45, 2.75) is 26.4 Å². The fourth-order valence-corrected chi connectivity index (χ4v) is 1.63. The molecule has 0 heterocycles. The Morgan fingerprint density at radius 3 is 2.24 bits per heavy atom. The number of carbonyl (C=O) groups excluding carboxylic acids is 3. The van der Waals surface area contributed by atoms with Gasteiger partial charge in [-0.15, -0.1) is 0 Å². The Hall–Kier alpha value is -2.51. The van der Waals surface area contributed by atoms with Crippen molar-refractivity contribution in [2.24, 2.45) is 0 Å². The first kappa shape index (κ1) is 20.5. The third kappa shape index (κ3) is 7.28. The highest BCUT2D eigenvalue weighted by atomic mass is 16.7. The van der Waals surface area contributed by atoms with E-state index >= 15 is 0 Å². The number of rotatable bonds is 9. The number of ketones is 2. The molecule has 0 aliphatic heterocycles. The molecule has 0 saturated carbocycles. The van der Waals surface area contributed by atoms with Crippen LogP contribution in [0, 0.1) is 0 Å². The quantitative estimate of drug-likeness (QED) is 0.240. The maximum atomic E-state index is 11.9. The largest absolute Gasteiger partial charge is 0.513 e. The fraction of sp³-hybridized carbons (Fsp3) is 0.389. The van der Waals surface area contributed by atoms with Gasteiger partial charge in [-0.25, -0.2) is 4.79 Å². The van der Waals surface area contributed by atoms with E-state index in [0.29, 0.717) is 11.1 Å². The molecule has 136 valence electrons. The van der Waals surface area contributed by atoms with Gasteiger partial charge in [0, 0.05) is 5.56 Å². The van der Waals surface area contributed by atoms with Crippen LogP contribution in [-0.4, -0.2) is 48.3 Å². The molecule has 0 fully saturated rings. The SMILES string of the molecule is C=C(C)C(=O)COCCOC(=O)Oc1ccc(C(=O)C(C)(C)O)cc1. The Morgan fingerprint density at radius 2 is 1.72 bits per heavy atom. The van der Waals surface area contributed by atoms with E-state index in [1.807, 2.05) is 0 Å². The molecule has 0 amide bonds. The van der Waals surface area contributed by atoms with Gasteiger partial charge in [-0.05, 0) is 50.6 Å². The predicted octanol–water partition coefficient (Wildman–Crippen LogP) is 2.32. The molecule has 1 aromatic carbocycles. The maximum absolute atomic E-state index is 11.9. The molecular formula is C18H22O7. The highest BCUT2D eigenvalue weighted by Gasteiger charge is 2.25. The first-order valence-corrected chi connectivity index (χ1v) is 7.59. The summed E-state index contributed by atoms with van der Waals surface area (Å²) < 4.78 is 14.7. The van der Waals surface area contributed by atoms with E-state index in [-0.39, 0.29) is 31.4 Å². The zero-order valence-corrected chi connectivity index (χ0v) is 14.5. The normalized spacial score (nSPS) is 10.9. The lowest BCUT2D eigenvalue weighted by Crippen LogP contribution is -2.30. The smallest absolute Gasteiger partial charge is 0.432 e. The molecule has 1 N–H and O–H groups in total. The lowest BCUT2D eigenvalue weighted by molar-refractivity contribution is -0.120. The van der Waals surface area contributed by atoms with Crippen molar-refractivity contribution < 1.29 is 33.7 Å². The molecule has 7 heteroatoms. The van der Waals surface area contributed by atoms with E-state index in [1.165, 1.54) is 38.1 Å². The Labute approximate surface area is 146 Å². The Balaban J connectivity index is 2.37. The van der Waals surface area contributed by atoms with Gasteiger partial charge in [0.15, 0.2) is 11.6 Å². The van der Waals surface area contributed by atoms with Crippen molar-refractivity contribution in [2.75, 3.05) is 19.8 Å². The lowest BCUT2D eigenvalue weighted by Gasteiger charge is -2.15. The molecule has 25 heavy (non-hydrogen) atoms. The first-order chi connectivity index (χ1) is 11.6. The van der Waals surface area contributed by atoms with E-state index in [9.17, 15) is 19.5 Å². The highest BCUT2D eigenvalue weighted by Crippen LogP contribution is 2.17. The van der Waals surface area contributed by atoms with E-state index in [2.05, 4.69) is 6.58 Å². The number of hydrogen-bond donors (Lipinski definition) is 1. The molecule has 0 saturated heterocycles. The van der Waals surface area contributed by atoms with Gasteiger partial charge < -0.3 is 19.3 Å². The zero-order valence-electron chi connectivity index (χ0n) is 14.5. The number of aliphatic hydroxyl groups is 1. The molecule has 0 radical (unpaired) electrons. The molecule has 0 bridgehead atoms. The molecule has 1 aromatic rings. The lowest BCUT2D eigenvalue weighted by atomic mass is 9.97. The molecule has 0 aromatic heterocycles. The summed E-state index contributed by atoms with van der Waals surface area (Å²) in [6.07, 6.45) is -0.934. The maximum Gasteiger partial charge on any atom is 0.513 e. The summed E-state index contributed by atoms with van der Waals surface area (Å²) in [7, 11) is 0. The van der Waals surface area contributed by atoms with Crippen molar-refractivity contribution in [1.82, 2.24) is 0 Å². The summed E-state index contributed by atoms with van der Waals surface area (Å²) in [6, 6.07) is 5.72. The van der Waals surface area contributed by atoms with Crippen molar-refractivity contribution in [3.63, 3.8) is 0 Å². The Kier molecular flexibility index (Phi) is 7.47. The second kappa shape index (κ2) is 9.10. The van der Waals surface area contributed by atoms with Crippen molar-refractivity contribution in [3.8, 4) is 5.75 Å². The zero-order chi connectivity index (χ0) is 19.0. The number of Topliss-reactive ketones (excluding diaryl/α,β-unsaturated/α-hetero) is 2. The summed E-state index contributed by atoms with van der Waals surface area (Å²) >= 11 is 0. The average Bonchev–Trinajstić information content (AvgIpc) is 2.53. The third-order valence-corrected chi connectivity index (χ3v) is 3.03. The van der Waals surface area contributed by atoms with Gasteiger partial charge >= 0.3 is 6.16 Å². The predicted molar refractivity (Wildman–Crippen MR) is 89.7 cm³/mol. The minimum atomic E-state index is -1.48. The monoisotopic (exact) mass is 350 g/mol. The van der Waals surface area contributed by atoms with Crippen LogP contribution in [0.5, 0.6) is 5.75 Å². The first-order valence-electron chi connectivity index (χ1n) is 7.59. The van der Waals surface area contributed by atoms with Crippen LogP contribution in [0.1, 0.15) is 31.1 Å². The molecule has 7 nitrogen and oxygen atoms in total. The average molecular weight is 350 g/mol. The van der Waals surface area contributed by atoms with Gasteiger partial charge in [0.25, 0.3) is 0 Å². The second-order valence-electron chi connectivity index (χ2n) is 5.87. The number of carbonyl (C=O) groups is 3. The minimum absolute atomic E-state index is 0.0488. The highest BCUT2D eigenvalue weighted by molar-refractivity contribution is 6.01. The van der Waals surface area contributed by atoms with Crippen LogP contribution in [0.15, 0.2) is 36.4 Å². The molecule has 0 aliphatic rings. The van der Waals surface area contributed by atoms with Gasteiger partial charge in [-0.3, -0.25) is 9.59 Å². The summed E-state index contributed by atoms with van der Waals surface area (Å²) in [5, 5.41) is 9.67. The summed E-state index contributed by atoms with van der Waals surface area (Å²) in [5.41, 5.74) is -0.789. The van der Waals surface area contributed by atoms with Crippen molar-refractivity contribution >= 4 is 17.7 Å². The molecular weight excluding hydrogens is 328 g/mol. The number of benzene rings is 1. The van der Waals surface area contributed by atoms with Crippen molar-refractivity contribution in [3.05, 3.63) is 42.0 Å². The van der Waals surface area contributed by atoms with Crippen LogP contribution in [0.25, 0.3) is 0 Å². The van der Waals surface area contributed by atoms with Gasteiger partial charge in [0.1, 0.15) is 24.6 Å². The second-order valence-corrected chi connectivity index (χ2v) is 5.87. The summed E-state index contributed by atoms with van der Waals surface area (Å²) in [4.78, 5) is 34.6. The van der Waals surface area contributed by atoms with E-state index in [4.69, 9.17) is 14.2 Å². The van der Waals surface area contributed by atoms with Crippen LogP contribution < -0.4 is 4.74 Å². The van der Waals surface area contributed by atoms with Gasteiger partial charge in [0.2, 0.25) is 0 Å². The van der Waals surface area contributed by atoms with E-state index < -0.39 is 17.5 Å². The fourth-order valence-electron chi connectivity index (χ4n) is 1.63. The third-order valence-electron chi connectivity index (χ3n) is 3.03. The molecule has 0 atom stereocenters. The molecule has 1 rings (SSSR count). The summed E-state index contributed by atoms with van der Waals surface area (Å²) in [5.74, 6) is -0.470. The van der Waals surface area contributed by atoms with Crippen LogP contribution in [0.3, 0.4) is 0 Å².